The van der Waals surface area contributed by atoms with Crippen LogP contribution in [0.25, 0.3) is 0 Å². The van der Waals surface area contributed by atoms with Crippen LogP contribution in [0.3, 0.4) is 0 Å². The summed E-state index contributed by atoms with van der Waals surface area (Å²) >= 11 is 5.06. The smallest absolute Gasteiger partial charge is 0.125 e. The molecular formula is C15H17BrO2S. The molecule has 0 fully saturated rings. The molecule has 1 atom stereocenters. The summed E-state index contributed by atoms with van der Waals surface area (Å²) in [5.74, 6) is 0.753. The van der Waals surface area contributed by atoms with E-state index in [0.29, 0.717) is 6.61 Å². The standard InChI is InChI=1S/C15H17BrO2S/c1-4-18-12-6-5-9(2)7-11(12)14(17)13-8-10(3)15(16)19-13/h5-8,14,17H,4H2,1-3H3. The lowest BCUT2D eigenvalue weighted by atomic mass is 10.0. The van der Waals surface area contributed by atoms with Crippen molar-refractivity contribution >= 4 is 27.3 Å². The quantitative estimate of drug-likeness (QED) is 0.880. The Bertz CT molecular complexity index is 558. The van der Waals surface area contributed by atoms with Gasteiger partial charge >= 0.3 is 0 Å². The number of hydrogen-bond acceptors (Lipinski definition) is 3. The lowest BCUT2D eigenvalue weighted by Crippen LogP contribution is -2.03. The van der Waals surface area contributed by atoms with Gasteiger partial charge in [-0.3, -0.25) is 0 Å². The van der Waals surface area contributed by atoms with Crippen molar-refractivity contribution in [2.45, 2.75) is 26.9 Å². The molecule has 0 aliphatic rings. The van der Waals surface area contributed by atoms with Crippen LogP contribution in [-0.4, -0.2) is 11.7 Å². The molecule has 1 unspecified atom stereocenters. The lowest BCUT2D eigenvalue weighted by Gasteiger charge is -2.15. The van der Waals surface area contributed by atoms with Gasteiger partial charge in [0.25, 0.3) is 0 Å². The molecule has 2 nitrogen and oxygen atoms in total. The van der Waals surface area contributed by atoms with Gasteiger partial charge in [-0.05, 0) is 60.5 Å². The van der Waals surface area contributed by atoms with Crippen molar-refractivity contribution in [2.24, 2.45) is 0 Å². The second kappa shape index (κ2) is 6.07. The summed E-state index contributed by atoms with van der Waals surface area (Å²) in [6.07, 6.45) is -0.642. The summed E-state index contributed by atoms with van der Waals surface area (Å²) in [5, 5.41) is 10.6. The fourth-order valence-corrected chi connectivity index (χ4v) is 3.52. The molecule has 1 aromatic heterocycles. The molecule has 19 heavy (non-hydrogen) atoms. The third-order valence-corrected chi connectivity index (χ3v) is 5.09. The van der Waals surface area contributed by atoms with E-state index in [1.165, 1.54) is 0 Å². The van der Waals surface area contributed by atoms with Crippen molar-refractivity contribution in [1.82, 2.24) is 0 Å². The summed E-state index contributed by atoms with van der Waals surface area (Å²) in [5.41, 5.74) is 3.09. The van der Waals surface area contributed by atoms with Crippen molar-refractivity contribution in [2.75, 3.05) is 6.61 Å². The topological polar surface area (TPSA) is 29.5 Å². The summed E-state index contributed by atoms with van der Waals surface area (Å²) in [4.78, 5) is 0.927. The molecule has 2 rings (SSSR count). The fourth-order valence-electron chi connectivity index (χ4n) is 1.94. The largest absolute Gasteiger partial charge is 0.493 e. The highest BCUT2D eigenvalue weighted by Crippen LogP contribution is 2.37. The second-order valence-electron chi connectivity index (χ2n) is 4.48. The van der Waals surface area contributed by atoms with Gasteiger partial charge in [-0.2, -0.15) is 0 Å². The van der Waals surface area contributed by atoms with Crippen molar-refractivity contribution in [3.8, 4) is 5.75 Å². The first-order valence-electron chi connectivity index (χ1n) is 6.20. The van der Waals surface area contributed by atoms with E-state index in [1.807, 2.05) is 45.0 Å². The third-order valence-electron chi connectivity index (χ3n) is 2.91. The zero-order valence-corrected chi connectivity index (χ0v) is 13.6. The van der Waals surface area contributed by atoms with Gasteiger partial charge in [0.1, 0.15) is 11.9 Å². The Hall–Kier alpha value is -0.840. The molecule has 1 N–H and O–H groups in total. The average molecular weight is 341 g/mol. The molecule has 0 amide bonds. The van der Waals surface area contributed by atoms with E-state index in [4.69, 9.17) is 4.74 Å². The molecule has 0 spiro atoms. The van der Waals surface area contributed by atoms with Gasteiger partial charge in [0.15, 0.2) is 0 Å². The Labute approximate surface area is 126 Å². The minimum atomic E-state index is -0.642. The molecule has 0 aliphatic heterocycles. The van der Waals surface area contributed by atoms with Crippen LogP contribution < -0.4 is 4.74 Å². The van der Waals surface area contributed by atoms with Gasteiger partial charge in [-0.15, -0.1) is 11.3 Å². The predicted octanol–water partition coefficient (Wildman–Crippen LogP) is 4.61. The lowest BCUT2D eigenvalue weighted by molar-refractivity contribution is 0.215. The van der Waals surface area contributed by atoms with E-state index in [-0.39, 0.29) is 0 Å². The number of hydrogen-bond donors (Lipinski definition) is 1. The predicted molar refractivity (Wildman–Crippen MR) is 83.2 cm³/mol. The highest BCUT2D eigenvalue weighted by atomic mass is 79.9. The Morgan fingerprint density at radius 2 is 2.05 bits per heavy atom. The molecule has 102 valence electrons. The summed E-state index contributed by atoms with van der Waals surface area (Å²) < 4.78 is 6.67. The second-order valence-corrected chi connectivity index (χ2v) is 6.88. The summed E-state index contributed by atoms with van der Waals surface area (Å²) in [6, 6.07) is 7.92. The molecule has 0 aliphatic carbocycles. The highest BCUT2D eigenvalue weighted by molar-refractivity contribution is 9.11. The first kappa shape index (κ1) is 14.6. The van der Waals surface area contributed by atoms with E-state index in [9.17, 15) is 5.11 Å². The molecule has 0 saturated heterocycles. The molecule has 0 bridgehead atoms. The van der Waals surface area contributed by atoms with Crippen LogP contribution in [-0.2, 0) is 0 Å². The van der Waals surface area contributed by atoms with Gasteiger partial charge in [-0.1, -0.05) is 11.6 Å². The molecule has 2 aromatic rings. The SMILES string of the molecule is CCOc1ccc(C)cc1C(O)c1cc(C)c(Br)s1. The number of halogens is 1. The minimum absolute atomic E-state index is 0.593. The number of benzene rings is 1. The van der Waals surface area contributed by atoms with E-state index >= 15 is 0 Å². The summed E-state index contributed by atoms with van der Waals surface area (Å²) in [6.45, 7) is 6.58. The number of ether oxygens (including phenoxy) is 1. The minimum Gasteiger partial charge on any atom is -0.493 e. The molecular weight excluding hydrogens is 324 g/mol. The number of aryl methyl sites for hydroxylation is 2. The molecule has 1 heterocycles. The van der Waals surface area contributed by atoms with E-state index in [1.54, 1.807) is 11.3 Å². The maximum atomic E-state index is 10.6. The Kier molecular flexibility index (Phi) is 4.66. The van der Waals surface area contributed by atoms with Crippen LogP contribution in [0, 0.1) is 13.8 Å². The number of aliphatic hydroxyl groups is 1. The number of aliphatic hydroxyl groups excluding tert-OH is 1. The number of thiophene rings is 1. The summed E-state index contributed by atoms with van der Waals surface area (Å²) in [7, 11) is 0. The first-order valence-corrected chi connectivity index (χ1v) is 7.81. The van der Waals surface area contributed by atoms with Gasteiger partial charge in [0.2, 0.25) is 0 Å². The van der Waals surface area contributed by atoms with Crippen LogP contribution in [0.5, 0.6) is 5.75 Å². The highest BCUT2D eigenvalue weighted by Gasteiger charge is 2.18. The van der Waals surface area contributed by atoms with Crippen LogP contribution in [0.15, 0.2) is 28.1 Å². The zero-order valence-electron chi connectivity index (χ0n) is 11.2. The van der Waals surface area contributed by atoms with Gasteiger partial charge < -0.3 is 9.84 Å². The zero-order chi connectivity index (χ0) is 14.0. The van der Waals surface area contributed by atoms with E-state index < -0.39 is 6.10 Å². The van der Waals surface area contributed by atoms with Crippen LogP contribution in [0.1, 0.15) is 34.6 Å². The first-order chi connectivity index (χ1) is 9.02. The van der Waals surface area contributed by atoms with Gasteiger partial charge in [0, 0.05) is 10.4 Å². The average Bonchev–Trinajstić information content (AvgIpc) is 2.71. The normalized spacial score (nSPS) is 12.5. The maximum Gasteiger partial charge on any atom is 0.125 e. The van der Waals surface area contributed by atoms with E-state index in [0.717, 1.165) is 31.1 Å². The third kappa shape index (κ3) is 3.19. The van der Waals surface area contributed by atoms with Gasteiger partial charge in [0.05, 0.1) is 10.4 Å². The van der Waals surface area contributed by atoms with Crippen LogP contribution in [0.2, 0.25) is 0 Å². The van der Waals surface area contributed by atoms with E-state index in [2.05, 4.69) is 15.9 Å². The van der Waals surface area contributed by atoms with Gasteiger partial charge in [-0.25, -0.2) is 0 Å². The Balaban J connectivity index is 2.41. The van der Waals surface area contributed by atoms with Crippen molar-refractivity contribution in [1.29, 1.82) is 0 Å². The van der Waals surface area contributed by atoms with Crippen LogP contribution >= 0.6 is 27.3 Å². The van der Waals surface area contributed by atoms with Crippen molar-refractivity contribution < 1.29 is 9.84 Å². The fraction of sp³-hybridized carbons (Fsp3) is 0.333. The maximum absolute atomic E-state index is 10.6. The molecule has 0 saturated carbocycles. The van der Waals surface area contributed by atoms with Crippen LogP contribution in [0.4, 0.5) is 0 Å². The van der Waals surface area contributed by atoms with Crippen molar-refractivity contribution in [3.05, 3.63) is 49.6 Å². The Morgan fingerprint density at radius 3 is 2.63 bits per heavy atom. The molecule has 0 radical (unpaired) electrons. The van der Waals surface area contributed by atoms with Crippen molar-refractivity contribution in [3.63, 3.8) is 0 Å². The number of rotatable bonds is 4. The molecule has 4 heteroatoms. The molecule has 1 aromatic carbocycles. The Morgan fingerprint density at radius 1 is 1.32 bits per heavy atom. The monoisotopic (exact) mass is 340 g/mol.